The van der Waals surface area contributed by atoms with Gasteiger partial charge in [0.15, 0.2) is 6.61 Å². The molecule has 0 heterocycles. The number of hydrogen-bond acceptors (Lipinski definition) is 4. The van der Waals surface area contributed by atoms with Gasteiger partial charge in [-0.3, -0.25) is 4.79 Å². The van der Waals surface area contributed by atoms with E-state index >= 15 is 0 Å². The van der Waals surface area contributed by atoms with E-state index in [1.807, 2.05) is 6.92 Å². The molecule has 0 fully saturated rings. The Hall–Kier alpha value is -2.67. The average molecular weight is 369 g/mol. The van der Waals surface area contributed by atoms with Crippen molar-refractivity contribution in [3.63, 3.8) is 0 Å². The van der Waals surface area contributed by atoms with Crippen molar-refractivity contribution in [3.8, 4) is 5.75 Å². The largest absolute Gasteiger partial charge is 0.435 e. The minimum Gasteiger partial charge on any atom is -0.435 e. The number of alkyl halides is 2. The third-order valence-corrected chi connectivity index (χ3v) is 3.27. The lowest BCUT2D eigenvalue weighted by Gasteiger charge is -2.07. The zero-order chi connectivity index (χ0) is 18.2. The number of oxime groups is 1. The highest BCUT2D eigenvalue weighted by molar-refractivity contribution is 6.30. The number of nitrogens with zero attached hydrogens (tertiary/aromatic N) is 1. The molecule has 0 saturated carbocycles. The molecule has 0 aliphatic rings. The molecule has 0 aliphatic heterocycles. The average Bonchev–Trinajstić information content (AvgIpc) is 2.55. The first-order chi connectivity index (χ1) is 11.9. The Labute approximate surface area is 148 Å². The maximum absolute atomic E-state index is 12.0. The number of carbonyl (C=O) groups is 1. The van der Waals surface area contributed by atoms with E-state index in [9.17, 15) is 13.6 Å². The van der Waals surface area contributed by atoms with Crippen LogP contribution >= 0.6 is 11.6 Å². The van der Waals surface area contributed by atoms with E-state index in [0.29, 0.717) is 16.3 Å². The summed E-state index contributed by atoms with van der Waals surface area (Å²) in [6, 6.07) is 10.9. The number of benzene rings is 2. The normalized spacial score (nSPS) is 10.9. The van der Waals surface area contributed by atoms with Crippen LogP contribution in [0.1, 0.15) is 11.1 Å². The Balaban J connectivity index is 1.79. The second-order valence-electron chi connectivity index (χ2n) is 4.96. The van der Waals surface area contributed by atoms with E-state index in [4.69, 9.17) is 16.4 Å². The molecule has 1 amide bonds. The van der Waals surface area contributed by atoms with Gasteiger partial charge in [0, 0.05) is 10.7 Å². The number of carbonyl (C=O) groups excluding carboxylic acids is 1. The molecule has 2 rings (SSSR count). The van der Waals surface area contributed by atoms with E-state index in [-0.39, 0.29) is 18.3 Å². The van der Waals surface area contributed by atoms with Gasteiger partial charge in [0.1, 0.15) is 5.75 Å². The Morgan fingerprint density at radius 1 is 1.28 bits per heavy atom. The number of aryl methyl sites for hydroxylation is 1. The van der Waals surface area contributed by atoms with E-state index in [1.54, 1.807) is 18.2 Å². The van der Waals surface area contributed by atoms with Crippen molar-refractivity contribution in [2.24, 2.45) is 5.16 Å². The van der Waals surface area contributed by atoms with Crippen LogP contribution in [0.25, 0.3) is 0 Å². The minimum atomic E-state index is -2.87. The summed E-state index contributed by atoms with van der Waals surface area (Å²) in [6.45, 7) is -1.32. The SMILES string of the molecule is Cc1cc(Cl)ccc1NC(=O)CO/N=C/c1ccc(OC(F)F)cc1. The van der Waals surface area contributed by atoms with Crippen LogP contribution in [0.15, 0.2) is 47.6 Å². The highest BCUT2D eigenvalue weighted by atomic mass is 35.5. The summed E-state index contributed by atoms with van der Waals surface area (Å²) in [7, 11) is 0. The number of hydrogen-bond donors (Lipinski definition) is 1. The fourth-order valence-electron chi connectivity index (χ4n) is 1.88. The minimum absolute atomic E-state index is 0.0470. The van der Waals surface area contributed by atoms with Crippen LogP contribution in [0.4, 0.5) is 14.5 Å². The summed E-state index contributed by atoms with van der Waals surface area (Å²) < 4.78 is 28.3. The Bertz CT molecular complexity index is 752. The van der Waals surface area contributed by atoms with Crippen molar-refractivity contribution in [2.75, 3.05) is 11.9 Å². The molecule has 25 heavy (non-hydrogen) atoms. The van der Waals surface area contributed by atoms with Gasteiger partial charge in [-0.1, -0.05) is 16.8 Å². The van der Waals surface area contributed by atoms with Crippen molar-refractivity contribution in [2.45, 2.75) is 13.5 Å². The first kappa shape index (κ1) is 18.7. The van der Waals surface area contributed by atoms with Gasteiger partial charge >= 0.3 is 6.61 Å². The lowest BCUT2D eigenvalue weighted by Crippen LogP contribution is -2.17. The van der Waals surface area contributed by atoms with Gasteiger partial charge in [-0.2, -0.15) is 8.78 Å². The second-order valence-corrected chi connectivity index (χ2v) is 5.40. The van der Waals surface area contributed by atoms with Crippen LogP contribution < -0.4 is 10.1 Å². The number of rotatable bonds is 7. The molecule has 2 aromatic rings. The molecule has 0 bridgehead atoms. The molecule has 132 valence electrons. The predicted octanol–water partition coefficient (Wildman–Crippen LogP) is 4.24. The first-order valence-electron chi connectivity index (χ1n) is 7.20. The van der Waals surface area contributed by atoms with Crippen LogP contribution in [-0.2, 0) is 9.63 Å². The van der Waals surface area contributed by atoms with Gasteiger partial charge in [0.2, 0.25) is 0 Å². The third-order valence-electron chi connectivity index (χ3n) is 3.04. The predicted molar refractivity (Wildman–Crippen MR) is 91.4 cm³/mol. The van der Waals surface area contributed by atoms with Gasteiger partial charge in [-0.15, -0.1) is 0 Å². The lowest BCUT2D eigenvalue weighted by molar-refractivity contribution is -0.120. The fraction of sp³-hybridized carbons (Fsp3) is 0.176. The molecule has 1 N–H and O–H groups in total. The number of amides is 1. The molecule has 5 nitrogen and oxygen atoms in total. The van der Waals surface area contributed by atoms with Crippen LogP contribution in [0.2, 0.25) is 5.02 Å². The number of halogens is 3. The Morgan fingerprint density at radius 3 is 2.64 bits per heavy atom. The lowest BCUT2D eigenvalue weighted by atomic mass is 10.2. The molecular weight excluding hydrogens is 354 g/mol. The van der Waals surface area contributed by atoms with Crippen LogP contribution in [-0.4, -0.2) is 25.3 Å². The van der Waals surface area contributed by atoms with Gasteiger partial charge in [0.25, 0.3) is 5.91 Å². The monoisotopic (exact) mass is 368 g/mol. The van der Waals surface area contributed by atoms with E-state index in [1.165, 1.54) is 30.5 Å². The maximum Gasteiger partial charge on any atom is 0.387 e. The van der Waals surface area contributed by atoms with E-state index in [0.717, 1.165) is 5.56 Å². The van der Waals surface area contributed by atoms with E-state index in [2.05, 4.69) is 15.2 Å². The summed E-state index contributed by atoms with van der Waals surface area (Å²) >= 11 is 5.85. The van der Waals surface area contributed by atoms with Crippen LogP contribution in [0.3, 0.4) is 0 Å². The summed E-state index contributed by atoms with van der Waals surface area (Å²) in [5.74, 6) is -0.325. The second kappa shape index (κ2) is 8.98. The molecule has 0 spiro atoms. The van der Waals surface area contributed by atoms with Crippen molar-refractivity contribution >= 4 is 29.4 Å². The molecule has 2 aromatic carbocycles. The van der Waals surface area contributed by atoms with Crippen molar-refractivity contribution in [1.29, 1.82) is 0 Å². The van der Waals surface area contributed by atoms with E-state index < -0.39 is 6.61 Å². The van der Waals surface area contributed by atoms with Crippen molar-refractivity contribution in [1.82, 2.24) is 0 Å². The Kier molecular flexibility index (Phi) is 6.71. The highest BCUT2D eigenvalue weighted by Crippen LogP contribution is 2.19. The van der Waals surface area contributed by atoms with Crippen LogP contribution in [0, 0.1) is 6.92 Å². The fourth-order valence-corrected chi connectivity index (χ4v) is 2.11. The topological polar surface area (TPSA) is 59.9 Å². The first-order valence-corrected chi connectivity index (χ1v) is 7.58. The molecular formula is C17H15ClF2N2O3. The molecule has 0 unspecified atom stereocenters. The zero-order valence-electron chi connectivity index (χ0n) is 13.2. The molecule has 0 radical (unpaired) electrons. The number of nitrogens with one attached hydrogen (secondary N) is 1. The number of anilines is 1. The van der Waals surface area contributed by atoms with Gasteiger partial charge in [-0.25, -0.2) is 0 Å². The molecule has 0 saturated heterocycles. The Morgan fingerprint density at radius 2 is 2.00 bits per heavy atom. The standard InChI is InChI=1S/C17H15ClF2N2O3/c1-11-8-13(18)4-7-15(11)22-16(23)10-24-21-9-12-2-5-14(6-3-12)25-17(19)20/h2-9,17H,10H2,1H3,(H,22,23)/b21-9+. The third kappa shape index (κ3) is 6.39. The highest BCUT2D eigenvalue weighted by Gasteiger charge is 2.06. The summed E-state index contributed by atoms with van der Waals surface area (Å²) in [6.07, 6.45) is 1.35. The molecule has 0 aliphatic carbocycles. The van der Waals surface area contributed by atoms with Crippen LogP contribution in [0.5, 0.6) is 5.75 Å². The number of ether oxygens (including phenoxy) is 1. The quantitative estimate of drug-likeness (QED) is 0.587. The van der Waals surface area contributed by atoms with Crippen molar-refractivity contribution in [3.05, 3.63) is 58.6 Å². The smallest absolute Gasteiger partial charge is 0.387 e. The summed E-state index contributed by atoms with van der Waals surface area (Å²) in [5.41, 5.74) is 2.07. The van der Waals surface area contributed by atoms with Gasteiger partial charge in [-0.05, 0) is 60.5 Å². The van der Waals surface area contributed by atoms with Crippen molar-refractivity contribution < 1.29 is 23.1 Å². The summed E-state index contributed by atoms with van der Waals surface area (Å²) in [4.78, 5) is 16.7. The molecule has 0 atom stereocenters. The maximum atomic E-state index is 12.0. The zero-order valence-corrected chi connectivity index (χ0v) is 14.0. The molecule has 8 heteroatoms. The molecule has 0 aromatic heterocycles. The van der Waals surface area contributed by atoms with Gasteiger partial charge in [0.05, 0.1) is 6.21 Å². The summed E-state index contributed by atoms with van der Waals surface area (Å²) in [5, 5.41) is 6.92. The van der Waals surface area contributed by atoms with Gasteiger partial charge < -0.3 is 14.9 Å².